The highest BCUT2D eigenvalue weighted by Gasteiger charge is 2.11. The Morgan fingerprint density at radius 2 is 2.00 bits per heavy atom. The molecule has 7 heteroatoms. The van der Waals surface area contributed by atoms with Crippen LogP contribution in [0.5, 0.6) is 11.5 Å². The largest absolute Gasteiger partial charge is 0.490 e. The minimum atomic E-state index is -0.229. The van der Waals surface area contributed by atoms with Crippen LogP contribution in [0.1, 0.15) is 12.0 Å². The lowest BCUT2D eigenvalue weighted by Crippen LogP contribution is -2.32. The van der Waals surface area contributed by atoms with Gasteiger partial charge < -0.3 is 25.1 Å². The Morgan fingerprint density at radius 1 is 1.14 bits per heavy atom. The Bertz CT molecular complexity index is 999. The number of aromatic nitrogens is 1. The van der Waals surface area contributed by atoms with Gasteiger partial charge in [-0.2, -0.15) is 0 Å². The van der Waals surface area contributed by atoms with E-state index in [0.717, 1.165) is 46.5 Å². The predicted molar refractivity (Wildman–Crippen MR) is 109 cm³/mol. The highest BCUT2D eigenvalue weighted by Crippen LogP contribution is 2.32. The van der Waals surface area contributed by atoms with Crippen LogP contribution in [0.4, 0.5) is 10.1 Å². The Morgan fingerprint density at radius 3 is 2.86 bits per heavy atom. The summed E-state index contributed by atoms with van der Waals surface area (Å²) in [4.78, 5) is 7.44. The van der Waals surface area contributed by atoms with E-state index in [9.17, 15) is 4.39 Å². The summed E-state index contributed by atoms with van der Waals surface area (Å²) in [5.41, 5.74) is 2.87. The molecule has 6 nitrogen and oxygen atoms in total. The number of halogens is 1. The van der Waals surface area contributed by atoms with Gasteiger partial charge in [-0.05, 0) is 42.3 Å². The highest BCUT2D eigenvalue weighted by molar-refractivity contribution is 5.94. The number of guanidine groups is 1. The maximum atomic E-state index is 13.5. The molecule has 0 saturated heterocycles. The summed E-state index contributed by atoms with van der Waals surface area (Å²) in [5.74, 6) is 1.92. The van der Waals surface area contributed by atoms with Crippen LogP contribution in [-0.4, -0.2) is 37.7 Å². The van der Waals surface area contributed by atoms with Gasteiger partial charge in [-0.1, -0.05) is 0 Å². The monoisotopic (exact) mass is 382 g/mol. The van der Waals surface area contributed by atoms with Crippen LogP contribution >= 0.6 is 0 Å². The van der Waals surface area contributed by atoms with E-state index in [0.29, 0.717) is 25.7 Å². The maximum absolute atomic E-state index is 13.5. The molecule has 3 aromatic rings. The van der Waals surface area contributed by atoms with E-state index < -0.39 is 0 Å². The maximum Gasteiger partial charge on any atom is 0.195 e. The number of nitrogens with one attached hydrogen (secondary N) is 3. The molecule has 2 aromatic carbocycles. The number of benzene rings is 2. The molecule has 0 spiro atoms. The zero-order valence-electron chi connectivity index (χ0n) is 15.7. The molecule has 0 saturated carbocycles. The van der Waals surface area contributed by atoms with Gasteiger partial charge in [0.25, 0.3) is 0 Å². The second kappa shape index (κ2) is 8.21. The molecular weight excluding hydrogens is 359 g/mol. The Balaban J connectivity index is 1.37. The molecule has 0 aliphatic carbocycles. The quantitative estimate of drug-likeness (QED) is 0.475. The molecule has 1 aliphatic rings. The number of ether oxygens (including phenoxy) is 2. The minimum absolute atomic E-state index is 0.229. The average Bonchev–Trinajstić information content (AvgIpc) is 2.94. The number of hydrogen-bond donors (Lipinski definition) is 3. The molecule has 0 unspecified atom stereocenters. The van der Waals surface area contributed by atoms with Gasteiger partial charge in [-0.25, -0.2) is 4.39 Å². The van der Waals surface area contributed by atoms with Crippen LogP contribution in [0.3, 0.4) is 0 Å². The predicted octanol–water partition coefficient (Wildman–Crippen LogP) is 3.70. The molecule has 28 heavy (non-hydrogen) atoms. The average molecular weight is 382 g/mol. The molecule has 3 N–H and O–H groups in total. The third-order valence-electron chi connectivity index (χ3n) is 4.65. The fraction of sp³-hybridized carbons (Fsp3) is 0.286. The second-order valence-corrected chi connectivity index (χ2v) is 6.59. The summed E-state index contributed by atoms with van der Waals surface area (Å²) in [6.45, 7) is 1.98. The number of aromatic amines is 1. The lowest BCUT2D eigenvalue weighted by Gasteiger charge is -2.14. The van der Waals surface area contributed by atoms with Crippen molar-refractivity contribution >= 4 is 22.5 Å². The Hall–Kier alpha value is -3.22. The van der Waals surface area contributed by atoms with Gasteiger partial charge in [0, 0.05) is 48.9 Å². The summed E-state index contributed by atoms with van der Waals surface area (Å²) in [6.07, 6.45) is 3.54. The molecule has 0 fully saturated rings. The summed E-state index contributed by atoms with van der Waals surface area (Å²) in [5, 5.41) is 7.46. The molecule has 1 aliphatic heterocycles. The normalized spacial score (nSPS) is 14.0. The Labute approximate surface area is 162 Å². The van der Waals surface area contributed by atoms with Crippen molar-refractivity contribution in [1.29, 1.82) is 0 Å². The molecule has 2 heterocycles. The molecular formula is C21H23FN4O2. The fourth-order valence-corrected chi connectivity index (χ4v) is 3.23. The summed E-state index contributed by atoms with van der Waals surface area (Å²) >= 11 is 0. The number of fused-ring (bicyclic) bond motifs is 2. The van der Waals surface area contributed by atoms with Crippen molar-refractivity contribution in [3.63, 3.8) is 0 Å². The van der Waals surface area contributed by atoms with Gasteiger partial charge >= 0.3 is 0 Å². The third-order valence-corrected chi connectivity index (χ3v) is 4.65. The van der Waals surface area contributed by atoms with E-state index in [-0.39, 0.29) is 5.82 Å². The van der Waals surface area contributed by atoms with Crippen LogP contribution in [0, 0.1) is 5.82 Å². The highest BCUT2D eigenvalue weighted by atomic mass is 19.1. The van der Waals surface area contributed by atoms with Gasteiger partial charge in [0.2, 0.25) is 0 Å². The van der Waals surface area contributed by atoms with Crippen LogP contribution in [-0.2, 0) is 6.42 Å². The van der Waals surface area contributed by atoms with E-state index in [1.54, 1.807) is 19.2 Å². The summed E-state index contributed by atoms with van der Waals surface area (Å²) < 4.78 is 24.9. The van der Waals surface area contributed by atoms with Crippen molar-refractivity contribution in [2.75, 3.05) is 32.1 Å². The number of anilines is 1. The van der Waals surface area contributed by atoms with Gasteiger partial charge in [-0.3, -0.25) is 4.99 Å². The van der Waals surface area contributed by atoms with Crippen molar-refractivity contribution in [1.82, 2.24) is 10.3 Å². The smallest absolute Gasteiger partial charge is 0.195 e. The number of H-pyrrole nitrogens is 1. The van der Waals surface area contributed by atoms with E-state index in [1.165, 1.54) is 6.07 Å². The minimum Gasteiger partial charge on any atom is -0.490 e. The lowest BCUT2D eigenvalue weighted by atomic mass is 10.1. The number of nitrogens with zero attached hydrogens (tertiary/aromatic N) is 1. The van der Waals surface area contributed by atoms with Crippen molar-refractivity contribution in [3.8, 4) is 11.5 Å². The molecule has 0 bridgehead atoms. The summed E-state index contributed by atoms with van der Waals surface area (Å²) in [7, 11) is 1.72. The number of aliphatic imine (C=N–C) groups is 1. The van der Waals surface area contributed by atoms with Crippen molar-refractivity contribution in [2.45, 2.75) is 12.8 Å². The van der Waals surface area contributed by atoms with E-state index in [4.69, 9.17) is 9.47 Å². The molecule has 1 aromatic heterocycles. The van der Waals surface area contributed by atoms with Gasteiger partial charge in [0.15, 0.2) is 17.5 Å². The first-order valence-electron chi connectivity index (χ1n) is 9.36. The zero-order chi connectivity index (χ0) is 19.3. The Kier molecular flexibility index (Phi) is 5.32. The molecule has 4 rings (SSSR count). The first kappa shape index (κ1) is 18.2. The first-order chi connectivity index (χ1) is 13.7. The topological polar surface area (TPSA) is 70.7 Å². The third kappa shape index (κ3) is 4.03. The number of rotatable bonds is 4. The van der Waals surface area contributed by atoms with Gasteiger partial charge in [0.1, 0.15) is 5.82 Å². The first-order valence-corrected chi connectivity index (χ1v) is 9.36. The zero-order valence-corrected chi connectivity index (χ0v) is 15.7. The van der Waals surface area contributed by atoms with Crippen LogP contribution in [0.2, 0.25) is 0 Å². The molecule has 0 amide bonds. The van der Waals surface area contributed by atoms with E-state index >= 15 is 0 Å². The second-order valence-electron chi connectivity index (χ2n) is 6.59. The van der Waals surface area contributed by atoms with Crippen molar-refractivity contribution in [3.05, 3.63) is 54.0 Å². The SMILES string of the molecule is CN=C(NCCc1c[nH]c2ccc(F)cc12)Nc1ccc2c(c1)OCCCO2. The van der Waals surface area contributed by atoms with Crippen LogP contribution < -0.4 is 20.1 Å². The van der Waals surface area contributed by atoms with Gasteiger partial charge in [-0.15, -0.1) is 0 Å². The molecule has 0 atom stereocenters. The lowest BCUT2D eigenvalue weighted by molar-refractivity contribution is 0.297. The van der Waals surface area contributed by atoms with Crippen molar-refractivity contribution in [2.24, 2.45) is 4.99 Å². The van der Waals surface area contributed by atoms with Crippen molar-refractivity contribution < 1.29 is 13.9 Å². The standard InChI is InChI=1S/C21H23FN4O2/c1-23-21(26-16-4-6-19-20(12-16)28-10-2-9-27-19)24-8-7-14-13-25-18-5-3-15(22)11-17(14)18/h3-6,11-13,25H,2,7-10H2,1H3,(H2,23,24,26). The van der Waals surface area contributed by atoms with Crippen LogP contribution in [0.15, 0.2) is 47.6 Å². The van der Waals surface area contributed by atoms with Crippen LogP contribution in [0.25, 0.3) is 10.9 Å². The number of hydrogen-bond acceptors (Lipinski definition) is 3. The fourth-order valence-electron chi connectivity index (χ4n) is 3.23. The summed E-state index contributed by atoms with van der Waals surface area (Å²) in [6, 6.07) is 10.5. The van der Waals surface area contributed by atoms with E-state index in [1.807, 2.05) is 24.4 Å². The van der Waals surface area contributed by atoms with Gasteiger partial charge in [0.05, 0.1) is 13.2 Å². The molecule has 0 radical (unpaired) electrons. The molecule has 146 valence electrons. The van der Waals surface area contributed by atoms with E-state index in [2.05, 4.69) is 20.6 Å².